The molecule has 0 fully saturated rings. The number of esters is 1. The third kappa shape index (κ3) is 4.53. The molecule has 1 amide bonds. The molecule has 2 aromatic rings. The Kier molecular flexibility index (Phi) is 6.35. The number of hydrogen-bond acceptors (Lipinski definition) is 8. The summed E-state index contributed by atoms with van der Waals surface area (Å²) in [4.78, 5) is 35.3. The van der Waals surface area contributed by atoms with Gasteiger partial charge in [-0.2, -0.15) is 0 Å². The highest BCUT2D eigenvalue weighted by Crippen LogP contribution is 2.33. The van der Waals surface area contributed by atoms with Crippen molar-refractivity contribution in [1.29, 1.82) is 0 Å². The summed E-state index contributed by atoms with van der Waals surface area (Å²) in [7, 11) is 2.64. The SMILES string of the molecule is COC(=O)c1c(NC(=O)COc2cc([N+](=O)[O-])ccc2OC)sc(C)c1C. The van der Waals surface area contributed by atoms with Crippen molar-refractivity contribution in [2.45, 2.75) is 13.8 Å². The number of nitro benzene ring substituents is 1. The predicted octanol–water partition coefficient (Wildman–Crippen LogP) is 3.09. The molecule has 0 spiro atoms. The third-order valence-electron chi connectivity index (χ3n) is 3.74. The number of amides is 1. The van der Waals surface area contributed by atoms with Crippen LogP contribution in [0.3, 0.4) is 0 Å². The maximum Gasteiger partial charge on any atom is 0.341 e. The summed E-state index contributed by atoms with van der Waals surface area (Å²) in [6.07, 6.45) is 0. The zero-order chi connectivity index (χ0) is 20.1. The molecule has 27 heavy (non-hydrogen) atoms. The Bertz CT molecular complexity index is 892. The van der Waals surface area contributed by atoms with Gasteiger partial charge in [-0.3, -0.25) is 14.9 Å². The van der Waals surface area contributed by atoms with E-state index in [4.69, 9.17) is 14.2 Å². The van der Waals surface area contributed by atoms with E-state index in [2.05, 4.69) is 5.32 Å². The number of anilines is 1. The van der Waals surface area contributed by atoms with E-state index in [9.17, 15) is 19.7 Å². The van der Waals surface area contributed by atoms with Gasteiger partial charge in [0.25, 0.3) is 11.6 Å². The molecule has 0 radical (unpaired) electrons. The Hall–Kier alpha value is -3.14. The highest BCUT2D eigenvalue weighted by molar-refractivity contribution is 7.16. The Balaban J connectivity index is 2.14. The number of carbonyl (C=O) groups excluding carboxylic acids is 2. The molecule has 0 atom stereocenters. The van der Waals surface area contributed by atoms with Crippen LogP contribution in [0, 0.1) is 24.0 Å². The van der Waals surface area contributed by atoms with Gasteiger partial charge < -0.3 is 19.5 Å². The quantitative estimate of drug-likeness (QED) is 0.436. The first-order chi connectivity index (χ1) is 12.8. The molecule has 0 aliphatic rings. The maximum atomic E-state index is 12.2. The number of nitrogens with one attached hydrogen (secondary N) is 1. The summed E-state index contributed by atoms with van der Waals surface area (Å²) in [5, 5.41) is 13.9. The van der Waals surface area contributed by atoms with Crippen LogP contribution in [0.5, 0.6) is 11.5 Å². The highest BCUT2D eigenvalue weighted by atomic mass is 32.1. The van der Waals surface area contributed by atoms with Crippen LogP contribution in [0.25, 0.3) is 0 Å². The van der Waals surface area contributed by atoms with Crippen LogP contribution in [-0.2, 0) is 9.53 Å². The number of aryl methyl sites for hydroxylation is 1. The number of nitro groups is 1. The molecule has 0 aliphatic carbocycles. The van der Waals surface area contributed by atoms with E-state index in [1.54, 1.807) is 6.92 Å². The first-order valence-electron chi connectivity index (χ1n) is 7.71. The van der Waals surface area contributed by atoms with E-state index in [1.165, 1.54) is 43.8 Å². The lowest BCUT2D eigenvalue weighted by molar-refractivity contribution is -0.385. The first kappa shape index (κ1) is 20.2. The van der Waals surface area contributed by atoms with Gasteiger partial charge in [0.2, 0.25) is 0 Å². The molecule has 144 valence electrons. The van der Waals surface area contributed by atoms with Gasteiger partial charge in [0.1, 0.15) is 5.00 Å². The second-order valence-corrected chi connectivity index (χ2v) is 6.63. The normalized spacial score (nSPS) is 10.2. The lowest BCUT2D eigenvalue weighted by Gasteiger charge is -2.10. The number of ether oxygens (including phenoxy) is 3. The van der Waals surface area contributed by atoms with E-state index in [-0.39, 0.29) is 17.2 Å². The van der Waals surface area contributed by atoms with Crippen LogP contribution >= 0.6 is 11.3 Å². The van der Waals surface area contributed by atoms with Crippen molar-refractivity contribution in [3.8, 4) is 11.5 Å². The Morgan fingerprint density at radius 1 is 1.22 bits per heavy atom. The van der Waals surface area contributed by atoms with E-state index in [0.29, 0.717) is 10.6 Å². The molecule has 2 rings (SSSR count). The van der Waals surface area contributed by atoms with Crippen LogP contribution in [0.1, 0.15) is 20.8 Å². The number of thiophene rings is 1. The molecule has 1 aromatic carbocycles. The molecule has 0 bridgehead atoms. The van der Waals surface area contributed by atoms with E-state index >= 15 is 0 Å². The maximum absolute atomic E-state index is 12.2. The van der Waals surface area contributed by atoms with Gasteiger partial charge in [0.05, 0.1) is 30.8 Å². The number of carbonyl (C=O) groups is 2. The van der Waals surface area contributed by atoms with Crippen molar-refractivity contribution in [3.05, 3.63) is 44.3 Å². The summed E-state index contributed by atoms with van der Waals surface area (Å²) in [6, 6.07) is 3.82. The van der Waals surface area contributed by atoms with Gasteiger partial charge in [0.15, 0.2) is 18.1 Å². The largest absolute Gasteiger partial charge is 0.493 e. The minimum atomic E-state index is -0.577. The Morgan fingerprint density at radius 3 is 2.52 bits per heavy atom. The van der Waals surface area contributed by atoms with Gasteiger partial charge in [-0.05, 0) is 25.5 Å². The third-order valence-corrected chi connectivity index (χ3v) is 4.87. The topological polar surface area (TPSA) is 117 Å². The van der Waals surface area contributed by atoms with Crippen molar-refractivity contribution >= 4 is 33.9 Å². The van der Waals surface area contributed by atoms with Crippen molar-refractivity contribution in [3.63, 3.8) is 0 Å². The fourth-order valence-corrected chi connectivity index (χ4v) is 3.33. The number of hydrogen-bond donors (Lipinski definition) is 1. The lowest BCUT2D eigenvalue weighted by Crippen LogP contribution is -2.21. The molecule has 10 heteroatoms. The molecule has 1 heterocycles. The number of methoxy groups -OCH3 is 2. The highest BCUT2D eigenvalue weighted by Gasteiger charge is 2.22. The summed E-state index contributed by atoms with van der Waals surface area (Å²) in [6.45, 7) is 3.17. The molecule has 9 nitrogen and oxygen atoms in total. The molecule has 0 unspecified atom stereocenters. The van der Waals surface area contributed by atoms with Crippen LogP contribution in [0.2, 0.25) is 0 Å². The zero-order valence-corrected chi connectivity index (χ0v) is 16.0. The van der Waals surface area contributed by atoms with Crippen LogP contribution < -0.4 is 14.8 Å². The molecule has 0 saturated carbocycles. The summed E-state index contributed by atoms with van der Waals surface area (Å²) in [5.74, 6) is -0.761. The molecule has 0 aliphatic heterocycles. The van der Waals surface area contributed by atoms with Gasteiger partial charge in [-0.15, -0.1) is 11.3 Å². The summed E-state index contributed by atoms with van der Waals surface area (Å²) < 4.78 is 15.2. The number of nitrogens with zero attached hydrogens (tertiary/aromatic N) is 1. The number of rotatable bonds is 7. The van der Waals surface area contributed by atoms with Crippen LogP contribution in [-0.4, -0.2) is 37.6 Å². The average molecular weight is 394 g/mol. The zero-order valence-electron chi connectivity index (χ0n) is 15.2. The molecular formula is C17H18N2O7S. The predicted molar refractivity (Wildman–Crippen MR) is 98.9 cm³/mol. The minimum Gasteiger partial charge on any atom is -0.493 e. The average Bonchev–Trinajstić information content (AvgIpc) is 2.92. The molecule has 0 saturated heterocycles. The Labute approximate surface area is 159 Å². The smallest absolute Gasteiger partial charge is 0.341 e. The standard InChI is InChI=1S/C17H18N2O7S/c1-9-10(2)27-16(15(9)17(21)25-4)18-14(20)8-26-13-7-11(19(22)23)5-6-12(13)24-3/h5-7H,8H2,1-4H3,(H,18,20). The minimum absolute atomic E-state index is 0.0635. The van der Waals surface area contributed by atoms with Crippen molar-refractivity contribution < 1.29 is 28.7 Å². The van der Waals surface area contributed by atoms with E-state index < -0.39 is 23.4 Å². The number of non-ortho nitro benzene ring substituents is 1. The first-order valence-corrected chi connectivity index (χ1v) is 8.53. The Morgan fingerprint density at radius 2 is 1.93 bits per heavy atom. The molecule has 1 aromatic heterocycles. The lowest BCUT2D eigenvalue weighted by atomic mass is 10.1. The fourth-order valence-electron chi connectivity index (χ4n) is 2.26. The fraction of sp³-hybridized carbons (Fsp3) is 0.294. The van der Waals surface area contributed by atoms with Crippen molar-refractivity contribution in [2.75, 3.05) is 26.1 Å². The summed E-state index contributed by atoms with van der Waals surface area (Å²) in [5.41, 5.74) is 0.827. The van der Waals surface area contributed by atoms with Gasteiger partial charge in [-0.1, -0.05) is 0 Å². The molecular weight excluding hydrogens is 376 g/mol. The van der Waals surface area contributed by atoms with Gasteiger partial charge in [0, 0.05) is 10.9 Å². The van der Waals surface area contributed by atoms with Gasteiger partial charge >= 0.3 is 5.97 Å². The second kappa shape index (κ2) is 8.49. The van der Waals surface area contributed by atoms with Crippen molar-refractivity contribution in [1.82, 2.24) is 0 Å². The number of benzene rings is 1. The summed E-state index contributed by atoms with van der Waals surface area (Å²) >= 11 is 1.25. The van der Waals surface area contributed by atoms with Gasteiger partial charge in [-0.25, -0.2) is 4.79 Å². The van der Waals surface area contributed by atoms with Crippen LogP contribution in [0.15, 0.2) is 18.2 Å². The van der Waals surface area contributed by atoms with Crippen LogP contribution in [0.4, 0.5) is 10.7 Å². The van der Waals surface area contributed by atoms with Crippen molar-refractivity contribution in [2.24, 2.45) is 0 Å². The molecule has 1 N–H and O–H groups in total. The monoisotopic (exact) mass is 394 g/mol. The van der Waals surface area contributed by atoms with E-state index in [0.717, 1.165) is 10.4 Å². The second-order valence-electron chi connectivity index (χ2n) is 5.41. The van der Waals surface area contributed by atoms with E-state index in [1.807, 2.05) is 6.92 Å².